The Kier molecular flexibility index (Phi) is 2.65. The smallest absolute Gasteiger partial charge is 0.212 e. The molecular formula is C12H16N4OS. The van der Waals surface area contributed by atoms with E-state index in [1.165, 1.54) is 25.0 Å². The van der Waals surface area contributed by atoms with Crippen molar-refractivity contribution in [1.29, 1.82) is 0 Å². The summed E-state index contributed by atoms with van der Waals surface area (Å²) in [6.45, 7) is 0.833. The third kappa shape index (κ3) is 1.70. The van der Waals surface area contributed by atoms with Crippen LogP contribution in [-0.4, -0.2) is 32.4 Å². The molecule has 1 aromatic rings. The van der Waals surface area contributed by atoms with Gasteiger partial charge >= 0.3 is 0 Å². The molecule has 2 fully saturated rings. The second kappa shape index (κ2) is 4.35. The third-order valence-electron chi connectivity index (χ3n) is 3.85. The molecule has 3 heterocycles. The maximum Gasteiger partial charge on any atom is 0.212 e. The molecule has 2 aliphatic heterocycles. The lowest BCUT2D eigenvalue weighted by molar-refractivity contribution is 0.102. The van der Waals surface area contributed by atoms with E-state index in [4.69, 9.17) is 9.84 Å². The van der Waals surface area contributed by atoms with Gasteiger partial charge in [-0.05, 0) is 32.1 Å². The van der Waals surface area contributed by atoms with Gasteiger partial charge in [-0.15, -0.1) is 10.2 Å². The van der Waals surface area contributed by atoms with Crippen molar-refractivity contribution >= 4 is 17.5 Å². The molecule has 1 aliphatic carbocycles. The molecule has 5 nitrogen and oxygen atoms in total. The number of aromatic nitrogens is 3. The van der Waals surface area contributed by atoms with Gasteiger partial charge < -0.3 is 4.74 Å². The van der Waals surface area contributed by atoms with Crippen molar-refractivity contribution < 1.29 is 4.74 Å². The lowest BCUT2D eigenvalue weighted by Gasteiger charge is -2.26. The molecule has 0 N–H and O–H groups in total. The molecule has 96 valence electrons. The van der Waals surface area contributed by atoms with Crippen molar-refractivity contribution in [2.45, 2.75) is 55.0 Å². The quantitative estimate of drug-likeness (QED) is 0.781. The molecule has 4 rings (SSSR count). The van der Waals surface area contributed by atoms with Gasteiger partial charge in [0, 0.05) is 6.61 Å². The zero-order valence-corrected chi connectivity index (χ0v) is 11.0. The minimum Gasteiger partial charge on any atom is -0.370 e. The summed E-state index contributed by atoms with van der Waals surface area (Å²) in [4.78, 5) is 0. The van der Waals surface area contributed by atoms with Gasteiger partial charge in [-0.3, -0.25) is 0 Å². The molecule has 0 spiro atoms. The molecule has 0 radical (unpaired) electrons. The number of rotatable bonds is 1. The van der Waals surface area contributed by atoms with Gasteiger partial charge in [0.25, 0.3) is 0 Å². The average molecular weight is 264 g/mol. The highest BCUT2D eigenvalue weighted by Gasteiger charge is 2.32. The molecular weight excluding hydrogens is 248 g/mol. The summed E-state index contributed by atoms with van der Waals surface area (Å²) in [6, 6.07) is 0. The molecule has 0 bridgehead atoms. The third-order valence-corrected chi connectivity index (χ3v) is 5.11. The highest BCUT2D eigenvalue weighted by molar-refractivity contribution is 8.00. The number of thioether (sulfide) groups is 1. The van der Waals surface area contributed by atoms with Crippen LogP contribution < -0.4 is 0 Å². The maximum atomic E-state index is 5.70. The molecule has 0 unspecified atom stereocenters. The summed E-state index contributed by atoms with van der Waals surface area (Å²) in [5.74, 6) is 0.895. The summed E-state index contributed by atoms with van der Waals surface area (Å²) in [5, 5.41) is 14.8. The molecule has 1 aromatic heterocycles. The van der Waals surface area contributed by atoms with Crippen molar-refractivity contribution in [2.75, 3.05) is 6.61 Å². The Labute approximate surface area is 110 Å². The van der Waals surface area contributed by atoms with Crippen molar-refractivity contribution in [3.8, 4) is 0 Å². The maximum absolute atomic E-state index is 5.70. The standard InChI is InChI=1S/C12H16N4OS/c1-2-6-10-8(4-1)15-16-11(9-5-3-7-17-9)13-14-12(16)18-10/h9-10H,1-7H2/t9-,10+/m1/s1. The summed E-state index contributed by atoms with van der Waals surface area (Å²) < 4.78 is 7.63. The Morgan fingerprint density at radius 3 is 3.06 bits per heavy atom. The fourth-order valence-electron chi connectivity index (χ4n) is 2.89. The Balaban J connectivity index is 1.71. The topological polar surface area (TPSA) is 52.3 Å². The first-order chi connectivity index (χ1) is 8.92. The van der Waals surface area contributed by atoms with Crippen molar-refractivity contribution in [1.82, 2.24) is 14.9 Å². The van der Waals surface area contributed by atoms with Gasteiger partial charge in [0.15, 0.2) is 5.82 Å². The average Bonchev–Trinajstić information content (AvgIpc) is 3.04. The molecule has 18 heavy (non-hydrogen) atoms. The first-order valence-electron chi connectivity index (χ1n) is 6.73. The largest absolute Gasteiger partial charge is 0.370 e. The Morgan fingerprint density at radius 2 is 2.17 bits per heavy atom. The highest BCUT2D eigenvalue weighted by atomic mass is 32.2. The van der Waals surface area contributed by atoms with E-state index < -0.39 is 0 Å². The molecule has 0 aromatic carbocycles. The first kappa shape index (κ1) is 11.0. The number of hydrogen-bond donors (Lipinski definition) is 0. The Bertz CT molecular complexity index is 492. The summed E-state index contributed by atoms with van der Waals surface area (Å²) >= 11 is 1.82. The van der Waals surface area contributed by atoms with Crippen molar-refractivity contribution in [3.63, 3.8) is 0 Å². The van der Waals surface area contributed by atoms with Crippen LogP contribution in [0.15, 0.2) is 10.3 Å². The van der Waals surface area contributed by atoms with Gasteiger partial charge in [-0.25, -0.2) is 0 Å². The van der Waals surface area contributed by atoms with Gasteiger partial charge in [0.1, 0.15) is 6.10 Å². The van der Waals surface area contributed by atoms with Crippen LogP contribution in [0.5, 0.6) is 0 Å². The first-order valence-corrected chi connectivity index (χ1v) is 7.61. The van der Waals surface area contributed by atoms with E-state index in [1.807, 2.05) is 16.4 Å². The minimum absolute atomic E-state index is 0.0938. The Morgan fingerprint density at radius 1 is 1.17 bits per heavy atom. The highest BCUT2D eigenvalue weighted by Crippen LogP contribution is 2.37. The number of ether oxygens (including phenoxy) is 1. The lowest BCUT2D eigenvalue weighted by atomic mass is 9.98. The van der Waals surface area contributed by atoms with Gasteiger partial charge in [0.05, 0.1) is 11.0 Å². The SMILES string of the molecule is C1CC[C@@H]2Sc3nnc([C@H]4CCCO4)n3N=C2C1. The predicted molar refractivity (Wildman–Crippen MR) is 68.9 cm³/mol. The van der Waals surface area contributed by atoms with Crippen LogP contribution in [0.1, 0.15) is 50.5 Å². The molecule has 1 saturated carbocycles. The van der Waals surface area contributed by atoms with Crippen LogP contribution in [0.2, 0.25) is 0 Å². The van der Waals surface area contributed by atoms with Crippen LogP contribution in [0.3, 0.4) is 0 Å². The molecule has 0 amide bonds. The van der Waals surface area contributed by atoms with Crippen LogP contribution in [-0.2, 0) is 4.74 Å². The van der Waals surface area contributed by atoms with Gasteiger partial charge in [-0.1, -0.05) is 18.2 Å². The molecule has 3 aliphatic rings. The predicted octanol–water partition coefficient (Wildman–Crippen LogP) is 2.38. The number of fused-ring (bicyclic) bond motifs is 2. The molecule has 6 heteroatoms. The zero-order chi connectivity index (χ0) is 11.9. The van der Waals surface area contributed by atoms with E-state index >= 15 is 0 Å². The minimum atomic E-state index is 0.0938. The summed E-state index contributed by atoms with van der Waals surface area (Å²) in [5.41, 5.74) is 1.32. The van der Waals surface area contributed by atoms with E-state index in [0.29, 0.717) is 5.25 Å². The fraction of sp³-hybridized carbons (Fsp3) is 0.750. The van der Waals surface area contributed by atoms with Gasteiger partial charge in [-0.2, -0.15) is 9.78 Å². The van der Waals surface area contributed by atoms with E-state index in [1.54, 1.807) is 0 Å². The normalized spacial score (nSPS) is 30.8. The van der Waals surface area contributed by atoms with Crippen molar-refractivity contribution in [2.24, 2.45) is 5.10 Å². The molecule has 2 atom stereocenters. The van der Waals surface area contributed by atoms with Crippen LogP contribution in [0.4, 0.5) is 0 Å². The van der Waals surface area contributed by atoms with E-state index in [0.717, 1.165) is 36.9 Å². The van der Waals surface area contributed by atoms with Crippen LogP contribution in [0, 0.1) is 0 Å². The van der Waals surface area contributed by atoms with Crippen molar-refractivity contribution in [3.05, 3.63) is 5.82 Å². The monoisotopic (exact) mass is 264 g/mol. The lowest BCUT2D eigenvalue weighted by Crippen LogP contribution is -2.27. The number of hydrogen-bond acceptors (Lipinski definition) is 5. The Hall–Kier alpha value is -0.880. The van der Waals surface area contributed by atoms with Gasteiger partial charge in [0.2, 0.25) is 5.16 Å². The molecule has 1 saturated heterocycles. The summed E-state index contributed by atoms with van der Waals surface area (Å²) in [7, 11) is 0. The van der Waals surface area contributed by atoms with Crippen LogP contribution >= 0.6 is 11.8 Å². The number of nitrogens with zero attached hydrogens (tertiary/aromatic N) is 4. The fourth-order valence-corrected chi connectivity index (χ4v) is 4.05. The summed E-state index contributed by atoms with van der Waals surface area (Å²) in [6.07, 6.45) is 7.17. The zero-order valence-electron chi connectivity index (χ0n) is 10.2. The van der Waals surface area contributed by atoms with Crippen LogP contribution in [0.25, 0.3) is 0 Å². The second-order valence-electron chi connectivity index (χ2n) is 5.10. The van der Waals surface area contributed by atoms with E-state index in [2.05, 4.69) is 10.2 Å². The second-order valence-corrected chi connectivity index (χ2v) is 6.27. The van der Waals surface area contributed by atoms with E-state index in [9.17, 15) is 0 Å². The van der Waals surface area contributed by atoms with E-state index in [-0.39, 0.29) is 6.10 Å².